The summed E-state index contributed by atoms with van der Waals surface area (Å²) in [5.74, 6) is -1.75. The van der Waals surface area contributed by atoms with Gasteiger partial charge in [-0.15, -0.1) is 10.2 Å². The number of carboxylic acid groups (broad SMARTS) is 1. The van der Waals surface area contributed by atoms with Gasteiger partial charge in [0.1, 0.15) is 5.25 Å². The van der Waals surface area contributed by atoms with E-state index in [0.717, 1.165) is 11.8 Å². The Bertz CT molecular complexity index is 827. The van der Waals surface area contributed by atoms with Crippen molar-refractivity contribution in [1.82, 2.24) is 4.98 Å². The van der Waals surface area contributed by atoms with Crippen molar-refractivity contribution in [2.24, 2.45) is 15.2 Å². The lowest BCUT2D eigenvalue weighted by atomic mass is 10.2. The molecule has 2 aromatic rings. The molecule has 1 aliphatic rings. The van der Waals surface area contributed by atoms with Gasteiger partial charge in [0.05, 0.1) is 11.9 Å². The molecule has 1 aliphatic heterocycles. The summed E-state index contributed by atoms with van der Waals surface area (Å²) in [5.41, 5.74) is 0.947. The fraction of sp³-hybridized carbons (Fsp3) is 0.154. The monoisotopic (exact) mass is 318 g/mol. The number of aliphatic carboxylic acids is 1. The van der Waals surface area contributed by atoms with E-state index >= 15 is 0 Å². The lowest BCUT2D eigenvalue weighted by molar-refractivity contribution is -0.138. The summed E-state index contributed by atoms with van der Waals surface area (Å²) >= 11 is 0.948. The first-order valence-corrected chi connectivity index (χ1v) is 7.15. The van der Waals surface area contributed by atoms with Crippen LogP contribution in [0.2, 0.25) is 0 Å². The predicted octanol–water partition coefficient (Wildman–Crippen LogP) is 2.43. The van der Waals surface area contributed by atoms with Crippen LogP contribution in [-0.4, -0.2) is 37.5 Å². The van der Waals surface area contributed by atoms with Gasteiger partial charge in [-0.25, -0.2) is 0 Å². The third-order valence-corrected chi connectivity index (χ3v) is 4.02. The highest BCUT2D eigenvalue weighted by Crippen LogP contribution is 2.36. The van der Waals surface area contributed by atoms with Gasteiger partial charge in [-0.05, 0) is 6.07 Å². The number of hydrogen-bond donors (Lipinski definition) is 3. The van der Waals surface area contributed by atoms with Crippen molar-refractivity contribution < 1.29 is 19.8 Å². The van der Waals surface area contributed by atoms with Crippen LogP contribution in [0.15, 0.2) is 39.5 Å². The van der Waals surface area contributed by atoms with E-state index in [9.17, 15) is 14.7 Å². The molecule has 9 heteroatoms. The molecule has 0 fully saturated rings. The maximum absolute atomic E-state index is 11.5. The number of carbonyl (C=O) groups is 2. The molecule has 22 heavy (non-hydrogen) atoms. The topological polar surface area (TPSA) is 127 Å². The molecule has 0 spiro atoms. The Labute approximate surface area is 128 Å². The quantitative estimate of drug-likeness (QED) is 0.749. The number of thioether (sulfide) groups is 1. The zero-order chi connectivity index (χ0) is 15.7. The SMILES string of the molecule is O=C(O)CC1SC(N=Nc2c(O)[nH]c3ccccc23)=NC1=O. The van der Waals surface area contributed by atoms with E-state index in [1.54, 1.807) is 18.2 Å². The fourth-order valence-corrected chi connectivity index (χ4v) is 2.88. The number of carbonyl (C=O) groups excluding carboxylic acids is 1. The number of fused-ring (bicyclic) bond motifs is 1. The van der Waals surface area contributed by atoms with Gasteiger partial charge >= 0.3 is 5.97 Å². The number of para-hydroxylation sites is 1. The predicted molar refractivity (Wildman–Crippen MR) is 80.6 cm³/mol. The Morgan fingerprint density at radius 2 is 2.14 bits per heavy atom. The maximum Gasteiger partial charge on any atom is 0.305 e. The third-order valence-electron chi connectivity index (χ3n) is 2.98. The molecule has 0 saturated carbocycles. The second-order valence-corrected chi connectivity index (χ2v) is 5.67. The molecule has 8 nitrogen and oxygen atoms in total. The van der Waals surface area contributed by atoms with E-state index in [1.165, 1.54) is 0 Å². The Morgan fingerprint density at radius 3 is 2.91 bits per heavy atom. The molecule has 0 saturated heterocycles. The van der Waals surface area contributed by atoms with Crippen LogP contribution in [0.25, 0.3) is 10.9 Å². The summed E-state index contributed by atoms with van der Waals surface area (Å²) in [6.45, 7) is 0. The highest BCUT2D eigenvalue weighted by Gasteiger charge is 2.30. The number of rotatable bonds is 3. The number of aromatic nitrogens is 1. The highest BCUT2D eigenvalue weighted by atomic mass is 32.2. The Balaban J connectivity index is 1.82. The highest BCUT2D eigenvalue weighted by molar-refractivity contribution is 8.15. The van der Waals surface area contributed by atoms with Crippen molar-refractivity contribution >= 4 is 45.4 Å². The van der Waals surface area contributed by atoms with Gasteiger partial charge in [0.25, 0.3) is 5.91 Å². The van der Waals surface area contributed by atoms with Crippen LogP contribution in [0.1, 0.15) is 6.42 Å². The molecular formula is C13H10N4O4S. The number of nitrogens with zero attached hydrogens (tertiary/aromatic N) is 3. The largest absolute Gasteiger partial charge is 0.493 e. The van der Waals surface area contributed by atoms with E-state index in [0.29, 0.717) is 10.9 Å². The summed E-state index contributed by atoms with van der Waals surface area (Å²) in [4.78, 5) is 28.6. The molecule has 3 N–H and O–H groups in total. The first-order valence-electron chi connectivity index (χ1n) is 6.27. The van der Waals surface area contributed by atoms with Crippen LogP contribution in [0, 0.1) is 0 Å². The van der Waals surface area contributed by atoms with E-state index in [4.69, 9.17) is 5.11 Å². The van der Waals surface area contributed by atoms with Gasteiger partial charge in [-0.1, -0.05) is 30.0 Å². The van der Waals surface area contributed by atoms with Gasteiger partial charge in [-0.3, -0.25) is 9.59 Å². The van der Waals surface area contributed by atoms with Gasteiger partial charge in [0.15, 0.2) is 5.69 Å². The molecule has 1 amide bonds. The number of H-pyrrole nitrogens is 1. The van der Waals surface area contributed by atoms with Gasteiger partial charge in [0.2, 0.25) is 11.0 Å². The standard InChI is InChI=1S/C13H10N4O4S/c18-9(19)5-8-11(20)15-13(22-8)17-16-10-6-3-1-2-4-7(6)14-12(10)21/h1-4,8,14,21H,5H2,(H,18,19). The Hall–Kier alpha value is -2.68. The third kappa shape index (κ3) is 2.70. The van der Waals surface area contributed by atoms with Gasteiger partial charge in [0, 0.05) is 5.39 Å². The fourth-order valence-electron chi connectivity index (χ4n) is 2.01. The molecule has 112 valence electrons. The number of aliphatic imine (C=N–C) groups is 1. The van der Waals surface area contributed by atoms with Crippen LogP contribution in [-0.2, 0) is 9.59 Å². The minimum atomic E-state index is -1.08. The maximum atomic E-state index is 11.5. The van der Waals surface area contributed by atoms with Crippen molar-refractivity contribution in [1.29, 1.82) is 0 Å². The summed E-state index contributed by atoms with van der Waals surface area (Å²) < 4.78 is 0. The van der Waals surface area contributed by atoms with E-state index in [-0.39, 0.29) is 23.2 Å². The van der Waals surface area contributed by atoms with Gasteiger partial charge in [-0.2, -0.15) is 4.99 Å². The number of amidine groups is 1. The minimum Gasteiger partial charge on any atom is -0.493 e. The van der Waals surface area contributed by atoms with E-state index < -0.39 is 17.1 Å². The number of aromatic hydroxyl groups is 1. The molecule has 0 radical (unpaired) electrons. The average molecular weight is 318 g/mol. The van der Waals surface area contributed by atoms with Crippen LogP contribution in [0.4, 0.5) is 5.69 Å². The lowest BCUT2D eigenvalue weighted by Gasteiger charge is -1.99. The van der Waals surface area contributed by atoms with Crippen molar-refractivity contribution in [3.8, 4) is 5.88 Å². The van der Waals surface area contributed by atoms with Gasteiger partial charge < -0.3 is 15.2 Å². The van der Waals surface area contributed by atoms with Crippen molar-refractivity contribution in [3.63, 3.8) is 0 Å². The molecule has 2 heterocycles. The first kappa shape index (κ1) is 14.3. The van der Waals surface area contributed by atoms with Crippen LogP contribution in [0.3, 0.4) is 0 Å². The number of amides is 1. The van der Waals surface area contributed by atoms with Crippen LogP contribution in [0.5, 0.6) is 5.88 Å². The molecular weight excluding hydrogens is 308 g/mol. The molecule has 1 atom stereocenters. The number of aromatic amines is 1. The molecule has 0 bridgehead atoms. The van der Waals surface area contributed by atoms with E-state index in [2.05, 4.69) is 20.2 Å². The molecule has 1 aromatic carbocycles. The summed E-state index contributed by atoms with van der Waals surface area (Å²) in [6, 6.07) is 7.15. The zero-order valence-corrected chi connectivity index (χ0v) is 11.9. The van der Waals surface area contributed by atoms with E-state index in [1.807, 2.05) is 6.07 Å². The summed E-state index contributed by atoms with van der Waals surface area (Å²) in [7, 11) is 0. The van der Waals surface area contributed by atoms with Crippen LogP contribution >= 0.6 is 11.8 Å². The van der Waals surface area contributed by atoms with Crippen molar-refractivity contribution in [3.05, 3.63) is 24.3 Å². The zero-order valence-electron chi connectivity index (χ0n) is 11.1. The van der Waals surface area contributed by atoms with Crippen molar-refractivity contribution in [2.45, 2.75) is 11.7 Å². The second kappa shape index (κ2) is 5.60. The molecule has 1 unspecified atom stereocenters. The first-order chi connectivity index (χ1) is 10.5. The Kier molecular flexibility index (Phi) is 3.63. The number of nitrogens with one attached hydrogen (secondary N) is 1. The molecule has 1 aromatic heterocycles. The van der Waals surface area contributed by atoms with Crippen LogP contribution < -0.4 is 0 Å². The summed E-state index contributed by atoms with van der Waals surface area (Å²) in [5, 5.41) is 26.3. The average Bonchev–Trinajstić information content (AvgIpc) is 2.96. The number of benzene rings is 1. The minimum absolute atomic E-state index is 0.0842. The summed E-state index contributed by atoms with van der Waals surface area (Å²) in [6.07, 6.45) is -0.315. The lowest BCUT2D eigenvalue weighted by Crippen LogP contribution is -2.15. The number of hydrogen-bond acceptors (Lipinski definition) is 6. The smallest absolute Gasteiger partial charge is 0.305 e. The number of azo groups is 1. The van der Waals surface area contributed by atoms with Crippen molar-refractivity contribution in [2.75, 3.05) is 0 Å². The second-order valence-electron chi connectivity index (χ2n) is 4.50. The number of carboxylic acids is 1. The molecule has 3 rings (SSSR count). The Morgan fingerprint density at radius 1 is 1.36 bits per heavy atom. The molecule has 0 aliphatic carbocycles. The normalized spacial score (nSPS) is 18.3.